The van der Waals surface area contributed by atoms with Crippen molar-refractivity contribution in [2.45, 2.75) is 6.10 Å². The fourth-order valence-electron chi connectivity index (χ4n) is 1.39. The van der Waals surface area contributed by atoms with Crippen LogP contribution < -0.4 is 10.5 Å². The second kappa shape index (κ2) is 6.48. The maximum atomic E-state index is 11.1. The third kappa shape index (κ3) is 4.83. The minimum atomic E-state index is -3.52. The van der Waals surface area contributed by atoms with E-state index >= 15 is 0 Å². The van der Waals surface area contributed by atoms with Gasteiger partial charge in [0.25, 0.3) is 0 Å². The standard InChI is InChI=1S/C10H14N2O5S.H2O/c1-18(16,17)12-8-3-2-6(10(14)15)4-7(8)9(13)5-11;/h2-4,9,12-13H,5,11H2,1H3,(H,14,15);1H2/t9-;/m0./s1. The molecule has 1 rings (SSSR count). The van der Waals surface area contributed by atoms with Crippen LogP contribution in [-0.2, 0) is 10.0 Å². The van der Waals surface area contributed by atoms with Crippen LogP contribution >= 0.6 is 0 Å². The van der Waals surface area contributed by atoms with Crippen LogP contribution in [0.3, 0.4) is 0 Å². The van der Waals surface area contributed by atoms with Crippen LogP contribution in [0.15, 0.2) is 18.2 Å². The van der Waals surface area contributed by atoms with Crippen LogP contribution in [0.1, 0.15) is 22.0 Å². The van der Waals surface area contributed by atoms with Crippen LogP contribution in [0.25, 0.3) is 0 Å². The number of aliphatic hydroxyl groups is 1. The lowest BCUT2D eigenvalue weighted by Gasteiger charge is -2.15. The van der Waals surface area contributed by atoms with Crippen molar-refractivity contribution in [3.8, 4) is 0 Å². The Balaban J connectivity index is 0.00000324. The molecular formula is C10H16N2O6S. The summed E-state index contributed by atoms with van der Waals surface area (Å²) in [5.74, 6) is -1.17. The van der Waals surface area contributed by atoms with Crippen molar-refractivity contribution in [1.82, 2.24) is 0 Å². The largest absolute Gasteiger partial charge is 0.478 e. The van der Waals surface area contributed by atoms with E-state index in [0.29, 0.717) is 0 Å². The number of nitrogens with one attached hydrogen (secondary N) is 1. The number of benzene rings is 1. The lowest BCUT2D eigenvalue weighted by atomic mass is 10.0. The van der Waals surface area contributed by atoms with E-state index < -0.39 is 22.1 Å². The van der Waals surface area contributed by atoms with Crippen molar-refractivity contribution in [3.05, 3.63) is 29.3 Å². The summed E-state index contributed by atoms with van der Waals surface area (Å²) >= 11 is 0. The van der Waals surface area contributed by atoms with E-state index in [2.05, 4.69) is 4.72 Å². The molecule has 19 heavy (non-hydrogen) atoms. The highest BCUT2D eigenvalue weighted by Gasteiger charge is 2.16. The minimum Gasteiger partial charge on any atom is -0.478 e. The number of aliphatic hydroxyl groups excluding tert-OH is 1. The van der Waals surface area contributed by atoms with Gasteiger partial charge in [0.2, 0.25) is 10.0 Å². The van der Waals surface area contributed by atoms with Crippen molar-refractivity contribution in [3.63, 3.8) is 0 Å². The van der Waals surface area contributed by atoms with Gasteiger partial charge in [0.05, 0.1) is 23.6 Å². The van der Waals surface area contributed by atoms with Crippen LogP contribution in [0.2, 0.25) is 0 Å². The van der Waals surface area contributed by atoms with Crippen LogP contribution in [0.5, 0.6) is 0 Å². The summed E-state index contributed by atoms with van der Waals surface area (Å²) < 4.78 is 24.5. The summed E-state index contributed by atoms with van der Waals surface area (Å²) in [4.78, 5) is 10.8. The Hall–Kier alpha value is -1.68. The smallest absolute Gasteiger partial charge is 0.335 e. The zero-order valence-electron chi connectivity index (χ0n) is 10.1. The molecule has 108 valence electrons. The summed E-state index contributed by atoms with van der Waals surface area (Å²) in [6.45, 7) is -0.151. The van der Waals surface area contributed by atoms with Gasteiger partial charge in [0.1, 0.15) is 0 Å². The van der Waals surface area contributed by atoms with Gasteiger partial charge in [-0.15, -0.1) is 0 Å². The van der Waals surface area contributed by atoms with Gasteiger partial charge in [-0.2, -0.15) is 0 Å². The third-order valence-electron chi connectivity index (χ3n) is 2.18. The molecule has 0 aliphatic heterocycles. The lowest BCUT2D eigenvalue weighted by Crippen LogP contribution is -2.17. The first-order valence-corrected chi connectivity index (χ1v) is 6.87. The monoisotopic (exact) mass is 292 g/mol. The lowest BCUT2D eigenvalue weighted by molar-refractivity contribution is 0.0696. The average molecular weight is 292 g/mol. The van der Waals surface area contributed by atoms with E-state index in [1.165, 1.54) is 18.2 Å². The number of anilines is 1. The molecule has 0 amide bonds. The Morgan fingerprint density at radius 1 is 1.47 bits per heavy atom. The Kier molecular flexibility index (Phi) is 5.90. The Morgan fingerprint density at radius 3 is 2.47 bits per heavy atom. The summed E-state index contributed by atoms with van der Waals surface area (Å²) in [6.07, 6.45) is -0.190. The number of rotatable bonds is 5. The first-order chi connectivity index (χ1) is 8.24. The molecule has 0 saturated heterocycles. The molecule has 0 aliphatic carbocycles. The molecular weight excluding hydrogens is 276 g/mol. The van der Waals surface area contributed by atoms with Crippen molar-refractivity contribution in [1.29, 1.82) is 0 Å². The van der Waals surface area contributed by atoms with Crippen molar-refractivity contribution in [2.75, 3.05) is 17.5 Å². The second-order valence-electron chi connectivity index (χ2n) is 3.73. The number of carboxylic acids is 1. The molecule has 1 aromatic carbocycles. The fourth-order valence-corrected chi connectivity index (χ4v) is 1.98. The summed E-state index contributed by atoms with van der Waals surface area (Å²) in [5, 5.41) is 18.5. The molecule has 0 fully saturated rings. The summed E-state index contributed by atoms with van der Waals surface area (Å²) in [7, 11) is -3.52. The van der Waals surface area contributed by atoms with Gasteiger partial charge < -0.3 is 21.4 Å². The number of aromatic carboxylic acids is 1. The third-order valence-corrected chi connectivity index (χ3v) is 2.77. The molecule has 0 unspecified atom stereocenters. The molecule has 7 N–H and O–H groups in total. The van der Waals surface area contributed by atoms with Gasteiger partial charge >= 0.3 is 5.97 Å². The maximum absolute atomic E-state index is 11.1. The maximum Gasteiger partial charge on any atom is 0.335 e. The van der Waals surface area contributed by atoms with Crippen molar-refractivity contribution in [2.24, 2.45) is 5.73 Å². The van der Waals surface area contributed by atoms with E-state index in [1.807, 2.05) is 0 Å². The van der Waals surface area contributed by atoms with E-state index in [-0.39, 0.29) is 28.8 Å². The first-order valence-electron chi connectivity index (χ1n) is 4.97. The minimum absolute atomic E-state index is 0. The SMILES string of the molecule is CS(=O)(=O)Nc1ccc(C(=O)O)cc1[C@@H](O)CN.O. The molecule has 0 saturated carbocycles. The summed E-state index contributed by atoms with van der Waals surface area (Å²) in [5.41, 5.74) is 5.47. The van der Waals surface area contributed by atoms with Crippen molar-refractivity contribution < 1.29 is 28.9 Å². The second-order valence-corrected chi connectivity index (χ2v) is 5.48. The van der Waals surface area contributed by atoms with Gasteiger partial charge in [-0.1, -0.05) is 0 Å². The molecule has 0 heterocycles. The van der Waals surface area contributed by atoms with Crippen LogP contribution in [0, 0.1) is 0 Å². The molecule has 0 aromatic heterocycles. The predicted octanol–water partition coefficient (Wildman–Crippen LogP) is -1.08. The highest BCUT2D eigenvalue weighted by atomic mass is 32.2. The Morgan fingerprint density at radius 2 is 2.05 bits per heavy atom. The zero-order valence-corrected chi connectivity index (χ0v) is 10.9. The van der Waals surface area contributed by atoms with Gasteiger partial charge in [0.15, 0.2) is 0 Å². The number of carbonyl (C=O) groups is 1. The molecule has 0 aliphatic rings. The number of hydrogen-bond acceptors (Lipinski definition) is 5. The van der Waals surface area contributed by atoms with Crippen molar-refractivity contribution >= 4 is 21.7 Å². The topological polar surface area (TPSA) is 161 Å². The predicted molar refractivity (Wildman–Crippen MR) is 69.5 cm³/mol. The molecule has 8 nitrogen and oxygen atoms in total. The van der Waals surface area contributed by atoms with E-state index in [0.717, 1.165) is 6.26 Å². The Bertz CT molecular complexity index is 557. The van der Waals surface area contributed by atoms with Gasteiger partial charge in [0, 0.05) is 12.1 Å². The van der Waals surface area contributed by atoms with Gasteiger partial charge in [-0.3, -0.25) is 4.72 Å². The van der Waals surface area contributed by atoms with Crippen LogP contribution in [-0.4, -0.2) is 42.9 Å². The fraction of sp³-hybridized carbons (Fsp3) is 0.300. The Labute approximate surface area is 110 Å². The number of carboxylic acid groups (broad SMARTS) is 1. The van der Waals surface area contributed by atoms with E-state index in [9.17, 15) is 18.3 Å². The first kappa shape index (κ1) is 17.3. The van der Waals surface area contributed by atoms with E-state index in [1.54, 1.807) is 0 Å². The highest BCUT2D eigenvalue weighted by molar-refractivity contribution is 7.92. The zero-order chi connectivity index (χ0) is 13.9. The molecule has 0 bridgehead atoms. The highest BCUT2D eigenvalue weighted by Crippen LogP contribution is 2.24. The van der Waals surface area contributed by atoms with Gasteiger partial charge in [-0.05, 0) is 18.2 Å². The average Bonchev–Trinajstić information content (AvgIpc) is 2.26. The number of sulfonamides is 1. The molecule has 0 radical (unpaired) electrons. The van der Waals surface area contributed by atoms with Crippen LogP contribution in [0.4, 0.5) is 5.69 Å². The molecule has 9 heteroatoms. The van der Waals surface area contributed by atoms with Gasteiger partial charge in [-0.25, -0.2) is 13.2 Å². The molecule has 0 spiro atoms. The number of hydrogen-bond donors (Lipinski definition) is 4. The molecule has 1 atom stereocenters. The number of nitrogens with two attached hydrogens (primary N) is 1. The summed E-state index contributed by atoms with van der Waals surface area (Å²) in [6, 6.07) is 3.70. The normalized spacial score (nSPS) is 12.4. The molecule has 1 aromatic rings. The quantitative estimate of drug-likeness (QED) is 0.539. The van der Waals surface area contributed by atoms with E-state index in [4.69, 9.17) is 10.8 Å².